The van der Waals surface area contributed by atoms with Gasteiger partial charge in [-0.2, -0.15) is 0 Å². The van der Waals surface area contributed by atoms with Crippen molar-refractivity contribution in [3.8, 4) is 33.4 Å². The molecule has 0 N–H and O–H groups in total. The molecule has 4 aliphatic rings. The number of nitrogens with zero attached hydrogens (tertiary/aromatic N) is 1. The molecule has 12 aromatic carbocycles. The maximum Gasteiger partial charge on any atom is 0.0736 e. The lowest BCUT2D eigenvalue weighted by Gasteiger charge is -2.41. The van der Waals surface area contributed by atoms with Crippen molar-refractivity contribution < 1.29 is 0 Å². The van der Waals surface area contributed by atoms with Gasteiger partial charge in [0.15, 0.2) is 0 Å². The first-order valence-corrected chi connectivity index (χ1v) is 31.0. The molecule has 1 heterocycles. The Morgan fingerprint density at radius 3 is 0.859 bits per heavy atom. The molecule has 0 bridgehead atoms. The predicted octanol–water partition coefficient (Wildman–Crippen LogP) is 21.3. The third-order valence-corrected chi connectivity index (χ3v) is 20.6. The summed E-state index contributed by atoms with van der Waals surface area (Å²) in [5.41, 5.74) is 27.1. The Hall–Kier alpha value is -9.21. The molecule has 12 aromatic rings. The number of benzene rings is 12. The Kier molecular flexibility index (Phi) is 11.4. The molecule has 16 rings (SSSR count). The first-order valence-electron chi connectivity index (χ1n) is 30.1. The van der Waals surface area contributed by atoms with E-state index >= 15 is 0 Å². The Balaban J connectivity index is 1.02. The molecule has 0 radical (unpaired) electrons. The van der Waals surface area contributed by atoms with Gasteiger partial charge in [-0.25, -0.2) is 0 Å². The second kappa shape index (κ2) is 18.9. The highest BCUT2D eigenvalue weighted by Gasteiger charge is 2.52. The summed E-state index contributed by atoms with van der Waals surface area (Å²) in [5.74, 6) is 0. The quantitative estimate of drug-likeness (QED) is 0.156. The molecule has 3 aliphatic carbocycles. The smallest absolute Gasteiger partial charge is 0.0736 e. The molecule has 0 unspecified atom stereocenters. The first kappa shape index (κ1) is 51.4. The molecule has 0 atom stereocenters. The first-order chi connectivity index (χ1) is 41.4. The lowest BCUT2D eigenvalue weighted by Crippen LogP contribution is -2.33. The van der Waals surface area contributed by atoms with Crippen LogP contribution in [0.25, 0.3) is 33.4 Å². The molecule has 85 heavy (non-hydrogen) atoms. The molecule has 1 spiro atoms. The third kappa shape index (κ3) is 7.31. The lowest BCUT2D eigenvalue weighted by atomic mass is 9.65. The average Bonchev–Trinajstić information content (AvgIpc) is 1.63. The van der Waals surface area contributed by atoms with Crippen molar-refractivity contribution in [2.24, 2.45) is 0 Å². The Morgan fingerprint density at radius 1 is 0.247 bits per heavy atom. The summed E-state index contributed by atoms with van der Waals surface area (Å²) in [6, 6.07) is 109. The van der Waals surface area contributed by atoms with Gasteiger partial charge in [0.05, 0.1) is 16.2 Å². The highest BCUT2D eigenvalue weighted by molar-refractivity contribution is 7.99. The second-order valence-electron chi connectivity index (χ2n) is 25.9. The zero-order chi connectivity index (χ0) is 57.5. The van der Waals surface area contributed by atoms with E-state index in [1.807, 2.05) is 11.8 Å². The van der Waals surface area contributed by atoms with E-state index in [-0.39, 0.29) is 10.8 Å². The van der Waals surface area contributed by atoms with Gasteiger partial charge < -0.3 is 4.90 Å². The topological polar surface area (TPSA) is 3.24 Å². The van der Waals surface area contributed by atoms with E-state index in [2.05, 4.69) is 332 Å². The highest BCUT2D eigenvalue weighted by atomic mass is 32.2. The van der Waals surface area contributed by atoms with Crippen molar-refractivity contribution in [2.75, 3.05) is 4.90 Å². The van der Waals surface area contributed by atoms with Gasteiger partial charge in [-0.05, 0) is 171 Å². The SMILES string of the molecule is CC(C)(C)c1ccc2c(c1)C1(c3cc(C(C)(C)C)ccc3S2)c2ccccc2-c2ccc(N(c3ccc4c(c3)C(c3ccccc3)(c3ccccc3)c3ccccc3-4)c3ccc4c(c3)C(c3ccccc3)(c3ccccc3)c3ccccc3-4)cc21. The monoisotopic (exact) mass is 1110 g/mol. The molecule has 0 saturated carbocycles. The summed E-state index contributed by atoms with van der Waals surface area (Å²) in [7, 11) is 0. The van der Waals surface area contributed by atoms with Crippen LogP contribution in [0.1, 0.15) is 119 Å². The molecular weight excluding hydrogens is 1040 g/mol. The van der Waals surface area contributed by atoms with Crippen molar-refractivity contribution in [3.05, 3.63) is 363 Å². The van der Waals surface area contributed by atoms with Gasteiger partial charge >= 0.3 is 0 Å². The van der Waals surface area contributed by atoms with E-state index in [0.717, 1.165) is 17.1 Å². The van der Waals surface area contributed by atoms with Crippen LogP contribution in [0.2, 0.25) is 0 Å². The van der Waals surface area contributed by atoms with E-state index in [0.29, 0.717) is 0 Å². The van der Waals surface area contributed by atoms with Crippen molar-refractivity contribution in [3.63, 3.8) is 0 Å². The number of anilines is 3. The standard InChI is InChI=1S/C83H65NS/c1-79(2,3)58-39-47-77-75(49-58)83(76-50-59(80(4,5)6)40-48-78(76)85-77)71-38-24-21-35-65(71)68-46-43-62(53-74(68)83)84(60-41-44-66-63-33-19-22-36-69(63)81(72(66)51-60,54-25-11-7-12-26-54)55-27-13-8-14-28-55)61-42-45-67-64-34-20-23-37-70(64)82(73(67)52-61,56-29-15-9-16-30-56)57-31-17-10-18-32-57/h7-53H,1-6H3. The zero-order valence-corrected chi connectivity index (χ0v) is 49.8. The average molecular weight is 1110 g/mol. The maximum absolute atomic E-state index is 2.60. The number of fused-ring (bicyclic) bond motifs is 15. The molecule has 0 amide bonds. The largest absolute Gasteiger partial charge is 0.310 e. The van der Waals surface area contributed by atoms with Crippen LogP contribution in [-0.4, -0.2) is 0 Å². The van der Waals surface area contributed by atoms with Crippen LogP contribution in [0.3, 0.4) is 0 Å². The van der Waals surface area contributed by atoms with Crippen LogP contribution in [-0.2, 0) is 27.1 Å². The summed E-state index contributed by atoms with van der Waals surface area (Å²) < 4.78 is 0. The van der Waals surface area contributed by atoms with Gasteiger partial charge in [0.25, 0.3) is 0 Å². The van der Waals surface area contributed by atoms with Gasteiger partial charge in [0, 0.05) is 26.9 Å². The summed E-state index contributed by atoms with van der Waals surface area (Å²) in [6.45, 7) is 14.1. The summed E-state index contributed by atoms with van der Waals surface area (Å²) in [4.78, 5) is 5.21. The zero-order valence-electron chi connectivity index (χ0n) is 49.0. The number of hydrogen-bond acceptors (Lipinski definition) is 2. The normalized spacial score (nSPS) is 14.9. The van der Waals surface area contributed by atoms with E-state index in [9.17, 15) is 0 Å². The molecule has 0 saturated heterocycles. The van der Waals surface area contributed by atoms with Crippen molar-refractivity contribution in [2.45, 2.75) is 78.4 Å². The molecule has 1 nitrogen and oxygen atoms in total. The molecule has 1 aliphatic heterocycles. The minimum absolute atomic E-state index is 0.0715. The van der Waals surface area contributed by atoms with Gasteiger partial charge in [0.1, 0.15) is 0 Å². The molecule has 2 heteroatoms. The fraction of sp³-hybridized carbons (Fsp3) is 0.133. The van der Waals surface area contributed by atoms with Crippen LogP contribution < -0.4 is 4.90 Å². The maximum atomic E-state index is 2.60. The van der Waals surface area contributed by atoms with Gasteiger partial charge in [-0.15, -0.1) is 0 Å². The van der Waals surface area contributed by atoms with Crippen molar-refractivity contribution in [1.82, 2.24) is 0 Å². The van der Waals surface area contributed by atoms with Crippen LogP contribution in [0.15, 0.2) is 295 Å². The van der Waals surface area contributed by atoms with Crippen LogP contribution in [0, 0.1) is 0 Å². The second-order valence-corrected chi connectivity index (χ2v) is 27.0. The minimum atomic E-state index is -0.628. The van der Waals surface area contributed by atoms with E-state index in [1.165, 1.54) is 121 Å². The summed E-state index contributed by atoms with van der Waals surface area (Å²) in [6.07, 6.45) is 0. The summed E-state index contributed by atoms with van der Waals surface area (Å²) in [5, 5.41) is 0. The Morgan fingerprint density at radius 2 is 0.529 bits per heavy atom. The van der Waals surface area contributed by atoms with E-state index < -0.39 is 16.2 Å². The van der Waals surface area contributed by atoms with Gasteiger partial charge in [-0.1, -0.05) is 290 Å². The lowest BCUT2D eigenvalue weighted by molar-refractivity contribution is 0.581. The minimum Gasteiger partial charge on any atom is -0.310 e. The number of rotatable bonds is 7. The molecule has 0 fully saturated rings. The van der Waals surface area contributed by atoms with Crippen molar-refractivity contribution >= 4 is 28.8 Å². The number of hydrogen-bond donors (Lipinski definition) is 0. The molecular formula is C83H65NS. The van der Waals surface area contributed by atoms with Gasteiger partial charge in [-0.3, -0.25) is 0 Å². The predicted molar refractivity (Wildman–Crippen MR) is 355 cm³/mol. The molecule has 0 aromatic heterocycles. The highest BCUT2D eigenvalue weighted by Crippen LogP contribution is 2.65. The summed E-state index contributed by atoms with van der Waals surface area (Å²) >= 11 is 1.93. The van der Waals surface area contributed by atoms with Crippen molar-refractivity contribution in [1.29, 1.82) is 0 Å². The fourth-order valence-electron chi connectivity index (χ4n) is 15.6. The molecule has 408 valence electrons. The Bertz CT molecular complexity index is 4310. The van der Waals surface area contributed by atoms with Crippen LogP contribution in [0.5, 0.6) is 0 Å². The van der Waals surface area contributed by atoms with Crippen LogP contribution in [0.4, 0.5) is 17.1 Å². The van der Waals surface area contributed by atoms with E-state index in [4.69, 9.17) is 0 Å². The Labute approximate surface area is 505 Å². The fourth-order valence-corrected chi connectivity index (χ4v) is 16.8. The van der Waals surface area contributed by atoms with Gasteiger partial charge in [0.2, 0.25) is 0 Å². The third-order valence-electron chi connectivity index (χ3n) is 19.4. The van der Waals surface area contributed by atoms with Crippen LogP contribution >= 0.6 is 11.8 Å². The van der Waals surface area contributed by atoms with E-state index in [1.54, 1.807) is 0 Å².